The van der Waals surface area contributed by atoms with Crippen molar-refractivity contribution in [2.24, 2.45) is 0 Å². The summed E-state index contributed by atoms with van der Waals surface area (Å²) in [6.45, 7) is 0. The maximum atomic E-state index is 12.7. The summed E-state index contributed by atoms with van der Waals surface area (Å²) in [5, 5.41) is 11.5. The highest BCUT2D eigenvalue weighted by Gasteiger charge is 2.12. The number of hydrogen-bond acceptors (Lipinski definition) is 5. The monoisotopic (exact) mass is 366 g/mol. The van der Waals surface area contributed by atoms with Gasteiger partial charge in [0.15, 0.2) is 0 Å². The van der Waals surface area contributed by atoms with Crippen LogP contribution in [0.1, 0.15) is 0 Å². The lowest BCUT2D eigenvalue weighted by Gasteiger charge is -2.17. The van der Waals surface area contributed by atoms with Gasteiger partial charge in [-0.2, -0.15) is 0 Å². The van der Waals surface area contributed by atoms with Crippen LogP contribution in [0.4, 0.5) is 5.69 Å². The van der Waals surface area contributed by atoms with Gasteiger partial charge in [0.05, 0.1) is 20.8 Å². The molecule has 9 heteroatoms. The van der Waals surface area contributed by atoms with Crippen LogP contribution in [-0.4, -0.2) is 14.5 Å². The molecule has 116 valence electrons. The summed E-state index contributed by atoms with van der Waals surface area (Å²) in [5.41, 5.74) is 0.103. The van der Waals surface area contributed by atoms with Crippen LogP contribution in [0.15, 0.2) is 46.3 Å². The molecule has 0 aliphatic carbocycles. The zero-order chi connectivity index (χ0) is 16.7. The van der Waals surface area contributed by atoms with Crippen LogP contribution >= 0.6 is 23.2 Å². The molecule has 0 bridgehead atoms. The predicted molar refractivity (Wildman–Crippen MR) is 89.6 cm³/mol. The standard InChI is InChI=1S/C14H7Cl2N3O3S/c15-7-5-10-12(11(16)6-7)17-14(23)18(13(10)20)8-1-3-9(4-2-8)19(21)22/h1-6H,(H,17,23)/p-1. The van der Waals surface area contributed by atoms with Gasteiger partial charge >= 0.3 is 0 Å². The Labute approximate surface area is 144 Å². The normalized spacial score (nSPS) is 10.9. The molecule has 0 amide bonds. The molecule has 0 radical (unpaired) electrons. The fraction of sp³-hybridized carbons (Fsp3) is 0. The average Bonchev–Trinajstić information content (AvgIpc) is 2.49. The number of nitro benzene ring substituents is 1. The highest BCUT2D eigenvalue weighted by Crippen LogP contribution is 2.25. The summed E-state index contributed by atoms with van der Waals surface area (Å²) in [4.78, 5) is 27.0. The zero-order valence-corrected chi connectivity index (χ0v) is 13.5. The molecule has 0 fully saturated rings. The molecular weight excluding hydrogens is 361 g/mol. The molecule has 1 heterocycles. The summed E-state index contributed by atoms with van der Waals surface area (Å²) in [5.74, 6) is 0. The van der Waals surface area contributed by atoms with Crippen molar-refractivity contribution < 1.29 is 4.92 Å². The van der Waals surface area contributed by atoms with E-state index < -0.39 is 10.5 Å². The number of fused-ring (bicyclic) bond motifs is 1. The Morgan fingerprint density at radius 2 is 1.83 bits per heavy atom. The lowest BCUT2D eigenvalue weighted by atomic mass is 10.2. The highest BCUT2D eigenvalue weighted by molar-refractivity contribution is 7.58. The molecule has 0 saturated carbocycles. The van der Waals surface area contributed by atoms with Crippen molar-refractivity contribution >= 4 is 52.4 Å². The van der Waals surface area contributed by atoms with Gasteiger partial charge in [0, 0.05) is 22.8 Å². The quantitative estimate of drug-likeness (QED) is 0.300. The van der Waals surface area contributed by atoms with Gasteiger partial charge < -0.3 is 12.6 Å². The van der Waals surface area contributed by atoms with E-state index in [1.54, 1.807) is 0 Å². The van der Waals surface area contributed by atoms with E-state index in [9.17, 15) is 14.9 Å². The SMILES string of the molecule is O=c1c2cc(Cl)cc(Cl)c2nc([S-])n1-c1ccc([N+](=O)[O-])cc1. The predicted octanol–water partition coefficient (Wildman–Crippen LogP) is 3.51. The Morgan fingerprint density at radius 1 is 1.17 bits per heavy atom. The first-order valence-corrected chi connectivity index (χ1v) is 7.38. The third-order valence-corrected chi connectivity index (χ3v) is 3.96. The number of rotatable bonds is 2. The van der Waals surface area contributed by atoms with Crippen LogP contribution in [0.5, 0.6) is 0 Å². The van der Waals surface area contributed by atoms with Gasteiger partial charge in [0.25, 0.3) is 11.2 Å². The van der Waals surface area contributed by atoms with Gasteiger partial charge in [-0.3, -0.25) is 24.5 Å². The van der Waals surface area contributed by atoms with E-state index in [-0.39, 0.29) is 26.8 Å². The molecule has 0 aliphatic rings. The molecular formula is C14H6Cl2N3O3S-. The van der Waals surface area contributed by atoms with Crippen LogP contribution in [0.25, 0.3) is 16.6 Å². The molecule has 23 heavy (non-hydrogen) atoms. The third kappa shape index (κ3) is 2.74. The molecule has 0 aliphatic heterocycles. The van der Waals surface area contributed by atoms with Crippen molar-refractivity contribution in [3.63, 3.8) is 0 Å². The van der Waals surface area contributed by atoms with Crippen LogP contribution in [0.3, 0.4) is 0 Å². The second-order valence-corrected chi connectivity index (χ2v) is 5.80. The number of nitrogens with zero attached hydrogens (tertiary/aromatic N) is 3. The van der Waals surface area contributed by atoms with Crippen molar-refractivity contribution in [1.82, 2.24) is 9.55 Å². The van der Waals surface area contributed by atoms with E-state index in [2.05, 4.69) is 4.98 Å². The zero-order valence-electron chi connectivity index (χ0n) is 11.2. The van der Waals surface area contributed by atoms with Crippen LogP contribution in [-0.2, 0) is 12.6 Å². The number of benzene rings is 2. The van der Waals surface area contributed by atoms with Gasteiger partial charge in [-0.15, -0.1) is 0 Å². The minimum Gasteiger partial charge on any atom is -0.742 e. The van der Waals surface area contributed by atoms with Gasteiger partial charge in [-0.1, -0.05) is 23.2 Å². The third-order valence-electron chi connectivity index (χ3n) is 3.18. The number of aromatic nitrogens is 2. The van der Waals surface area contributed by atoms with E-state index in [0.29, 0.717) is 10.7 Å². The van der Waals surface area contributed by atoms with E-state index >= 15 is 0 Å². The summed E-state index contributed by atoms with van der Waals surface area (Å²) in [6.07, 6.45) is 0. The molecule has 6 nitrogen and oxygen atoms in total. The molecule has 0 N–H and O–H groups in total. The first-order valence-electron chi connectivity index (χ1n) is 6.22. The van der Waals surface area contributed by atoms with Crippen molar-refractivity contribution in [3.05, 3.63) is 66.9 Å². The second kappa shape index (κ2) is 5.77. The van der Waals surface area contributed by atoms with Gasteiger partial charge in [-0.05, 0) is 29.4 Å². The first-order chi connectivity index (χ1) is 10.9. The summed E-state index contributed by atoms with van der Waals surface area (Å²) < 4.78 is 1.17. The smallest absolute Gasteiger partial charge is 0.269 e. The van der Waals surface area contributed by atoms with Crippen molar-refractivity contribution in [2.75, 3.05) is 0 Å². The Morgan fingerprint density at radius 3 is 2.43 bits per heavy atom. The largest absolute Gasteiger partial charge is 0.742 e. The van der Waals surface area contributed by atoms with Crippen LogP contribution in [0, 0.1) is 10.1 Å². The van der Waals surface area contributed by atoms with Crippen molar-refractivity contribution in [3.8, 4) is 5.69 Å². The number of halogens is 2. The summed E-state index contributed by atoms with van der Waals surface area (Å²) >= 11 is 17.1. The Kier molecular flexibility index (Phi) is 3.93. The fourth-order valence-corrected chi connectivity index (χ4v) is 2.96. The van der Waals surface area contributed by atoms with Gasteiger partial charge in [0.1, 0.15) is 0 Å². The van der Waals surface area contributed by atoms with Crippen LogP contribution < -0.4 is 5.56 Å². The summed E-state index contributed by atoms with van der Waals surface area (Å²) in [7, 11) is 0. The van der Waals surface area contributed by atoms with E-state index in [1.165, 1.54) is 41.0 Å². The van der Waals surface area contributed by atoms with Crippen molar-refractivity contribution in [1.29, 1.82) is 0 Å². The van der Waals surface area contributed by atoms with Gasteiger partial charge in [-0.25, -0.2) is 0 Å². The molecule has 0 unspecified atom stereocenters. The molecule has 2 aromatic carbocycles. The lowest BCUT2D eigenvalue weighted by Crippen LogP contribution is -2.22. The Hall–Kier alpha value is -2.22. The molecule has 3 rings (SSSR count). The molecule has 0 spiro atoms. The average molecular weight is 367 g/mol. The molecule has 1 aromatic heterocycles. The Balaban J connectivity index is 2.29. The topological polar surface area (TPSA) is 78.0 Å². The number of non-ortho nitro benzene ring substituents is 1. The minimum atomic E-state index is -0.528. The van der Waals surface area contributed by atoms with Crippen molar-refractivity contribution in [2.45, 2.75) is 5.16 Å². The van der Waals surface area contributed by atoms with E-state index in [1.807, 2.05) is 0 Å². The Bertz CT molecular complexity index is 1000. The van der Waals surface area contributed by atoms with E-state index in [0.717, 1.165) is 0 Å². The maximum absolute atomic E-state index is 12.7. The minimum absolute atomic E-state index is 0.000533. The summed E-state index contributed by atoms with van der Waals surface area (Å²) in [6, 6.07) is 8.35. The lowest BCUT2D eigenvalue weighted by molar-refractivity contribution is -0.384. The van der Waals surface area contributed by atoms with Crippen LogP contribution in [0.2, 0.25) is 10.0 Å². The van der Waals surface area contributed by atoms with E-state index in [4.69, 9.17) is 35.8 Å². The fourth-order valence-electron chi connectivity index (χ4n) is 2.15. The molecule has 0 atom stereocenters. The second-order valence-electron chi connectivity index (χ2n) is 4.59. The first kappa shape index (κ1) is 15.7. The number of nitro groups is 1. The maximum Gasteiger partial charge on any atom is 0.269 e. The number of hydrogen-bond donors (Lipinski definition) is 0. The molecule has 0 saturated heterocycles. The highest BCUT2D eigenvalue weighted by atomic mass is 35.5. The molecule has 3 aromatic rings. The van der Waals surface area contributed by atoms with Gasteiger partial charge in [0.2, 0.25) is 0 Å².